The van der Waals surface area contributed by atoms with E-state index in [-0.39, 0.29) is 17.3 Å². The van der Waals surface area contributed by atoms with Crippen LogP contribution in [0, 0.1) is 5.41 Å². The molecule has 1 spiro atoms. The Hall–Kier alpha value is -3.90. The Kier molecular flexibility index (Phi) is 5.28. The van der Waals surface area contributed by atoms with Crippen LogP contribution < -0.4 is 14.4 Å². The minimum Gasteiger partial charge on any atom is -0.493 e. The first-order chi connectivity index (χ1) is 17.8. The molecule has 37 heavy (non-hydrogen) atoms. The van der Waals surface area contributed by atoms with Gasteiger partial charge in [0.2, 0.25) is 0 Å². The molecule has 0 amide bonds. The number of methoxy groups -OCH3 is 2. The average Bonchev–Trinajstić information content (AvgIpc) is 3.34. The predicted molar refractivity (Wildman–Crippen MR) is 141 cm³/mol. The Morgan fingerprint density at radius 2 is 1.59 bits per heavy atom. The molecule has 3 aromatic carbocycles. The van der Waals surface area contributed by atoms with Crippen LogP contribution in [0.1, 0.15) is 44.7 Å². The lowest BCUT2D eigenvalue weighted by molar-refractivity contribution is -0.118. The lowest BCUT2D eigenvalue weighted by atomic mass is 9.64. The number of hydrogen-bond donors (Lipinski definition) is 0. The number of benzene rings is 3. The van der Waals surface area contributed by atoms with Crippen LogP contribution in [-0.4, -0.2) is 43.7 Å². The van der Waals surface area contributed by atoms with Crippen LogP contribution >= 0.6 is 11.6 Å². The molecule has 0 aromatic heterocycles. The van der Waals surface area contributed by atoms with Gasteiger partial charge in [-0.25, -0.2) is 0 Å². The molecule has 1 fully saturated rings. The summed E-state index contributed by atoms with van der Waals surface area (Å²) in [7, 11) is 3.07. The summed E-state index contributed by atoms with van der Waals surface area (Å²) in [5, 5.41) is 0.562. The van der Waals surface area contributed by atoms with Gasteiger partial charge in [-0.05, 0) is 48.4 Å². The first kappa shape index (κ1) is 23.5. The van der Waals surface area contributed by atoms with Gasteiger partial charge in [0.25, 0.3) is 0 Å². The first-order valence-electron chi connectivity index (χ1n) is 12.0. The molecule has 2 heterocycles. The first-order valence-corrected chi connectivity index (χ1v) is 12.4. The molecule has 3 aliphatic rings. The third kappa shape index (κ3) is 3.02. The van der Waals surface area contributed by atoms with E-state index in [0.717, 1.165) is 11.3 Å². The van der Waals surface area contributed by atoms with Gasteiger partial charge in [-0.15, -0.1) is 0 Å². The van der Waals surface area contributed by atoms with Crippen LogP contribution in [0.3, 0.4) is 0 Å². The lowest BCUT2D eigenvalue weighted by Gasteiger charge is -2.37. The minimum absolute atomic E-state index is 0.144. The predicted octanol–water partition coefficient (Wildman–Crippen LogP) is 5.38. The van der Waals surface area contributed by atoms with E-state index >= 15 is 0 Å². The maximum absolute atomic E-state index is 14.4. The third-order valence-electron chi connectivity index (χ3n) is 7.95. The van der Waals surface area contributed by atoms with Gasteiger partial charge in [-0.3, -0.25) is 14.4 Å². The van der Waals surface area contributed by atoms with Crippen molar-refractivity contribution in [3.05, 3.63) is 94.0 Å². The Morgan fingerprint density at radius 3 is 2.22 bits per heavy atom. The fraction of sp³-hybridized carbons (Fsp3) is 0.233. The number of nitrogens with zero attached hydrogens (tertiary/aromatic N) is 1. The highest BCUT2D eigenvalue weighted by molar-refractivity contribution is 6.32. The highest BCUT2D eigenvalue weighted by atomic mass is 35.5. The molecule has 0 unspecified atom stereocenters. The number of anilines is 1. The van der Waals surface area contributed by atoms with Crippen LogP contribution in [0.25, 0.3) is 6.08 Å². The van der Waals surface area contributed by atoms with E-state index in [0.29, 0.717) is 33.2 Å². The summed E-state index contributed by atoms with van der Waals surface area (Å²) in [6, 6.07) is 16.2. The number of fused-ring (bicyclic) bond motifs is 5. The van der Waals surface area contributed by atoms with Crippen LogP contribution in [0.5, 0.6) is 11.5 Å². The van der Waals surface area contributed by atoms with Gasteiger partial charge in [0.05, 0.1) is 26.3 Å². The second kappa shape index (κ2) is 8.32. The van der Waals surface area contributed by atoms with E-state index < -0.39 is 23.4 Å². The highest BCUT2D eigenvalue weighted by Crippen LogP contribution is 2.61. The largest absolute Gasteiger partial charge is 0.493 e. The number of ketones is 3. The number of rotatable bonds is 4. The fourth-order valence-corrected chi connectivity index (χ4v) is 6.70. The third-order valence-corrected chi connectivity index (χ3v) is 8.18. The minimum atomic E-state index is -1.53. The van der Waals surface area contributed by atoms with Crippen molar-refractivity contribution in [2.45, 2.75) is 24.9 Å². The van der Waals surface area contributed by atoms with Crippen molar-refractivity contribution in [3.63, 3.8) is 0 Å². The van der Waals surface area contributed by atoms with Gasteiger partial charge in [0.15, 0.2) is 28.8 Å². The van der Waals surface area contributed by atoms with Gasteiger partial charge in [0, 0.05) is 27.8 Å². The zero-order chi connectivity index (χ0) is 26.1. The molecule has 3 atom stereocenters. The molecule has 1 saturated heterocycles. The van der Waals surface area contributed by atoms with Crippen molar-refractivity contribution in [2.75, 3.05) is 19.1 Å². The Labute approximate surface area is 219 Å². The number of ether oxygens (including phenoxy) is 2. The highest BCUT2D eigenvalue weighted by Gasteiger charge is 2.71. The SMILES string of the molecule is COc1ccc([C@H]2[C@H](C(C)=O)N3c4ccc(Cl)cc4C=C[C@H]3C23C(=O)c2ccccc2C3=O)cc1OC. The fourth-order valence-electron chi connectivity index (χ4n) is 6.52. The van der Waals surface area contributed by atoms with Gasteiger partial charge in [-0.2, -0.15) is 0 Å². The van der Waals surface area contributed by atoms with Crippen LogP contribution in [0.2, 0.25) is 5.02 Å². The summed E-state index contributed by atoms with van der Waals surface area (Å²) in [6.07, 6.45) is 3.76. The summed E-state index contributed by atoms with van der Waals surface area (Å²) in [4.78, 5) is 44.3. The molecule has 3 aromatic rings. The molecule has 0 radical (unpaired) electrons. The van der Waals surface area contributed by atoms with Crippen molar-refractivity contribution < 1.29 is 23.9 Å². The quantitative estimate of drug-likeness (QED) is 0.436. The van der Waals surface area contributed by atoms with E-state index in [4.69, 9.17) is 21.1 Å². The molecule has 0 bridgehead atoms. The summed E-state index contributed by atoms with van der Waals surface area (Å²) in [5.41, 5.74) is 1.48. The standard InChI is InChI=1S/C30H24ClNO5/c1-16(33)27-26(18-8-12-23(36-2)24(15-18)37-3)30(28(34)20-6-4-5-7-21(20)29(30)35)25-13-9-17-14-19(31)10-11-22(17)32(25)27/h4-15,25-27H,1-3H3/t25-,26-,27-/m0/s1. The summed E-state index contributed by atoms with van der Waals surface area (Å²) >= 11 is 6.28. The Morgan fingerprint density at radius 1 is 0.919 bits per heavy atom. The Bertz CT molecular complexity index is 1490. The molecule has 6 nitrogen and oxygen atoms in total. The average molecular weight is 514 g/mol. The van der Waals surface area contributed by atoms with Crippen LogP contribution in [0.15, 0.2) is 66.7 Å². The number of carbonyl (C=O) groups is 3. The van der Waals surface area contributed by atoms with E-state index in [1.54, 1.807) is 49.6 Å². The van der Waals surface area contributed by atoms with E-state index in [2.05, 4.69) is 0 Å². The monoisotopic (exact) mass is 513 g/mol. The molecule has 7 heteroatoms. The number of hydrogen-bond acceptors (Lipinski definition) is 6. The number of halogens is 1. The molecule has 1 aliphatic carbocycles. The number of Topliss-reactive ketones (excluding diaryl/α,β-unsaturated/α-hetero) is 3. The molecule has 0 saturated carbocycles. The van der Waals surface area contributed by atoms with Crippen molar-refractivity contribution in [1.29, 1.82) is 0 Å². The maximum atomic E-state index is 14.4. The molecular weight excluding hydrogens is 490 g/mol. The summed E-state index contributed by atoms with van der Waals surface area (Å²) < 4.78 is 11.0. The van der Waals surface area contributed by atoms with E-state index in [1.807, 2.05) is 35.3 Å². The topological polar surface area (TPSA) is 72.9 Å². The van der Waals surface area contributed by atoms with E-state index in [9.17, 15) is 14.4 Å². The zero-order valence-corrected chi connectivity index (χ0v) is 21.3. The summed E-state index contributed by atoms with van der Waals surface area (Å²) in [5.74, 6) is -0.478. The van der Waals surface area contributed by atoms with Crippen molar-refractivity contribution in [1.82, 2.24) is 0 Å². The molecule has 6 rings (SSSR count). The van der Waals surface area contributed by atoms with Gasteiger partial charge in [0.1, 0.15) is 5.41 Å². The van der Waals surface area contributed by atoms with Crippen molar-refractivity contribution in [3.8, 4) is 11.5 Å². The normalized spacial score (nSPS) is 22.6. The van der Waals surface area contributed by atoms with Crippen molar-refractivity contribution in [2.24, 2.45) is 5.41 Å². The van der Waals surface area contributed by atoms with Gasteiger partial charge >= 0.3 is 0 Å². The molecule has 0 N–H and O–H groups in total. The zero-order valence-electron chi connectivity index (χ0n) is 20.5. The van der Waals surface area contributed by atoms with Gasteiger partial charge in [-0.1, -0.05) is 54.1 Å². The molecule has 186 valence electrons. The second-order valence-electron chi connectivity index (χ2n) is 9.63. The lowest BCUT2D eigenvalue weighted by Crippen LogP contribution is -2.48. The second-order valence-corrected chi connectivity index (χ2v) is 10.1. The van der Waals surface area contributed by atoms with Gasteiger partial charge < -0.3 is 14.4 Å². The van der Waals surface area contributed by atoms with Crippen molar-refractivity contribution >= 4 is 40.7 Å². The molecule has 2 aliphatic heterocycles. The maximum Gasteiger partial charge on any atom is 0.180 e. The smallest absolute Gasteiger partial charge is 0.180 e. The van der Waals surface area contributed by atoms with Crippen LogP contribution in [-0.2, 0) is 4.79 Å². The summed E-state index contributed by atoms with van der Waals surface area (Å²) in [6.45, 7) is 1.51. The van der Waals surface area contributed by atoms with E-state index in [1.165, 1.54) is 14.0 Å². The van der Waals surface area contributed by atoms with Crippen LogP contribution in [0.4, 0.5) is 5.69 Å². The molecular formula is C30H24ClNO5. The number of carbonyl (C=O) groups excluding carboxylic acids is 3. The Balaban J connectivity index is 1.67.